The Bertz CT molecular complexity index is 763. The lowest BCUT2D eigenvalue weighted by Crippen LogP contribution is -2.00. The van der Waals surface area contributed by atoms with Gasteiger partial charge in [-0.1, -0.05) is 58.4 Å². The van der Waals surface area contributed by atoms with Gasteiger partial charge < -0.3 is 4.55 Å². The molecule has 0 aromatic heterocycles. The van der Waals surface area contributed by atoms with Gasteiger partial charge in [0.15, 0.2) is 4.90 Å². The molecule has 3 rings (SSSR count). The number of halogens is 1. The van der Waals surface area contributed by atoms with Crippen molar-refractivity contribution < 1.29 is 4.55 Å². The summed E-state index contributed by atoms with van der Waals surface area (Å²) in [5.41, 5.74) is 2.15. The van der Waals surface area contributed by atoms with Crippen LogP contribution in [0.2, 0.25) is 0 Å². The van der Waals surface area contributed by atoms with Crippen molar-refractivity contribution in [3.63, 3.8) is 0 Å². The summed E-state index contributed by atoms with van der Waals surface area (Å²) in [4.78, 5) is 0.865. The van der Waals surface area contributed by atoms with E-state index in [9.17, 15) is 4.55 Å². The topological polar surface area (TPSA) is 23.1 Å². The van der Waals surface area contributed by atoms with Crippen LogP contribution in [-0.4, -0.2) is 10.8 Å². The molecule has 1 nitrogen and oxygen atoms in total. The highest BCUT2D eigenvalue weighted by Crippen LogP contribution is 2.34. The molecule has 0 saturated heterocycles. The lowest BCUT2D eigenvalue weighted by molar-refractivity contribution is 0.601. The summed E-state index contributed by atoms with van der Waals surface area (Å²) in [5, 5.41) is 2.37. The van der Waals surface area contributed by atoms with E-state index in [2.05, 4.69) is 40.2 Å². The van der Waals surface area contributed by atoms with E-state index in [0.717, 1.165) is 20.5 Å². The van der Waals surface area contributed by atoms with Gasteiger partial charge in [0.05, 0.1) is 0 Å². The van der Waals surface area contributed by atoms with Crippen LogP contribution in [0.5, 0.6) is 0 Å². The molecule has 0 fully saturated rings. The minimum Gasteiger partial charge on any atom is -0.612 e. The molecule has 3 aromatic carbocycles. The van der Waals surface area contributed by atoms with Crippen LogP contribution in [0.3, 0.4) is 0 Å². The van der Waals surface area contributed by atoms with E-state index in [-0.39, 0.29) is 0 Å². The van der Waals surface area contributed by atoms with Crippen molar-refractivity contribution in [2.75, 3.05) is 6.26 Å². The van der Waals surface area contributed by atoms with Crippen LogP contribution in [0.25, 0.3) is 21.9 Å². The molecule has 0 heterocycles. The fourth-order valence-electron chi connectivity index (χ4n) is 2.42. The number of hydrogen-bond donors (Lipinski definition) is 0. The first-order valence-electron chi connectivity index (χ1n) is 6.28. The average Bonchev–Trinajstić information content (AvgIpc) is 2.46. The van der Waals surface area contributed by atoms with E-state index in [1.54, 1.807) is 6.26 Å². The number of benzene rings is 3. The van der Waals surface area contributed by atoms with Crippen LogP contribution < -0.4 is 0 Å². The summed E-state index contributed by atoms with van der Waals surface area (Å²) in [5.74, 6) is 0. The van der Waals surface area contributed by atoms with Gasteiger partial charge in [0.25, 0.3) is 0 Å². The second-order valence-corrected chi connectivity index (χ2v) is 6.89. The third-order valence-corrected chi connectivity index (χ3v) is 4.80. The van der Waals surface area contributed by atoms with Gasteiger partial charge in [0.1, 0.15) is 6.26 Å². The maximum absolute atomic E-state index is 12.0. The highest BCUT2D eigenvalue weighted by Gasteiger charge is 2.15. The Morgan fingerprint density at radius 2 is 1.65 bits per heavy atom. The number of fused-ring (bicyclic) bond motifs is 1. The van der Waals surface area contributed by atoms with Gasteiger partial charge in [0.2, 0.25) is 0 Å². The van der Waals surface area contributed by atoms with E-state index in [1.165, 1.54) is 10.8 Å². The predicted molar refractivity (Wildman–Crippen MR) is 89.4 cm³/mol. The SMILES string of the molecule is C[S+]([O-])c1ccc(Br)cc1-c1cccc2ccccc12. The van der Waals surface area contributed by atoms with Crippen LogP contribution in [0.15, 0.2) is 70.0 Å². The molecule has 0 saturated carbocycles. The molecule has 1 atom stereocenters. The van der Waals surface area contributed by atoms with Crippen molar-refractivity contribution in [2.24, 2.45) is 0 Å². The molecule has 20 heavy (non-hydrogen) atoms. The summed E-state index contributed by atoms with van der Waals surface area (Å²) < 4.78 is 13.0. The zero-order valence-corrected chi connectivity index (χ0v) is 13.4. The first-order chi connectivity index (χ1) is 9.66. The van der Waals surface area contributed by atoms with Gasteiger partial charge in [-0.2, -0.15) is 0 Å². The molecule has 0 radical (unpaired) electrons. The summed E-state index contributed by atoms with van der Waals surface area (Å²) in [6.45, 7) is 0. The smallest absolute Gasteiger partial charge is 0.160 e. The molecule has 0 aliphatic heterocycles. The van der Waals surface area contributed by atoms with Gasteiger partial charge in [-0.05, 0) is 45.7 Å². The molecule has 1 unspecified atom stereocenters. The maximum Gasteiger partial charge on any atom is 0.160 e. The molecular weight excluding hydrogens is 332 g/mol. The average molecular weight is 345 g/mol. The Hall–Kier alpha value is -1.29. The number of rotatable bonds is 2. The molecule has 0 aliphatic rings. The van der Waals surface area contributed by atoms with Gasteiger partial charge in [-0.15, -0.1) is 0 Å². The van der Waals surface area contributed by atoms with Crippen molar-refractivity contribution in [1.82, 2.24) is 0 Å². The standard InChI is InChI=1S/C17H13BrOS/c1-20(19)17-10-9-13(18)11-16(17)15-8-4-6-12-5-2-3-7-14(12)15/h2-11H,1H3. The summed E-state index contributed by atoms with van der Waals surface area (Å²) in [7, 11) is 0. The zero-order valence-electron chi connectivity index (χ0n) is 11.0. The molecular formula is C17H13BrOS. The van der Waals surface area contributed by atoms with Crippen LogP contribution in [0.4, 0.5) is 0 Å². The molecule has 0 spiro atoms. The van der Waals surface area contributed by atoms with Gasteiger partial charge in [-0.25, -0.2) is 0 Å². The highest BCUT2D eigenvalue weighted by atomic mass is 79.9. The molecule has 0 bridgehead atoms. The lowest BCUT2D eigenvalue weighted by atomic mass is 9.98. The molecule has 0 amide bonds. The summed E-state index contributed by atoms with van der Waals surface area (Å²) in [6.07, 6.45) is 1.72. The van der Waals surface area contributed by atoms with Gasteiger partial charge in [0, 0.05) is 10.0 Å². The normalized spacial score (nSPS) is 12.6. The van der Waals surface area contributed by atoms with Gasteiger partial charge in [-0.3, -0.25) is 0 Å². The molecule has 3 aromatic rings. The molecule has 3 heteroatoms. The largest absolute Gasteiger partial charge is 0.612 e. The van der Waals surface area contributed by atoms with Crippen molar-refractivity contribution >= 4 is 37.9 Å². The first-order valence-corrected chi connectivity index (χ1v) is 8.63. The third kappa shape index (κ3) is 2.49. The van der Waals surface area contributed by atoms with Crippen LogP contribution in [0, 0.1) is 0 Å². The van der Waals surface area contributed by atoms with E-state index in [1.807, 2.05) is 36.4 Å². The third-order valence-electron chi connectivity index (χ3n) is 3.33. The first kappa shape index (κ1) is 13.7. The van der Waals surface area contributed by atoms with E-state index in [4.69, 9.17) is 0 Å². The zero-order chi connectivity index (χ0) is 14.1. The van der Waals surface area contributed by atoms with Gasteiger partial charge >= 0.3 is 0 Å². The van der Waals surface area contributed by atoms with E-state index >= 15 is 0 Å². The van der Waals surface area contributed by atoms with Crippen molar-refractivity contribution in [3.8, 4) is 11.1 Å². The second-order valence-electron chi connectivity index (χ2n) is 4.62. The molecule has 0 aliphatic carbocycles. The lowest BCUT2D eigenvalue weighted by Gasteiger charge is -2.13. The minimum absolute atomic E-state index is 0.865. The van der Waals surface area contributed by atoms with E-state index in [0.29, 0.717) is 0 Å². The Labute approximate surface area is 129 Å². The van der Waals surface area contributed by atoms with Crippen LogP contribution in [-0.2, 0) is 11.2 Å². The Morgan fingerprint density at radius 3 is 2.45 bits per heavy atom. The quantitative estimate of drug-likeness (QED) is 0.599. The van der Waals surface area contributed by atoms with Crippen molar-refractivity contribution in [2.45, 2.75) is 4.90 Å². The van der Waals surface area contributed by atoms with Crippen LogP contribution in [0.1, 0.15) is 0 Å². The fourth-order valence-corrected chi connectivity index (χ4v) is 3.52. The predicted octanol–water partition coefficient (Wildman–Crippen LogP) is 5.01. The van der Waals surface area contributed by atoms with E-state index < -0.39 is 11.2 Å². The monoisotopic (exact) mass is 344 g/mol. The maximum atomic E-state index is 12.0. The van der Waals surface area contributed by atoms with Crippen molar-refractivity contribution in [3.05, 3.63) is 65.1 Å². The summed E-state index contributed by atoms with van der Waals surface area (Å²) >= 11 is 2.49. The molecule has 0 N–H and O–H groups in total. The Morgan fingerprint density at radius 1 is 0.900 bits per heavy atom. The second kappa shape index (κ2) is 5.60. The Kier molecular flexibility index (Phi) is 3.83. The summed E-state index contributed by atoms with van der Waals surface area (Å²) in [6, 6.07) is 20.4. The molecule has 100 valence electrons. The minimum atomic E-state index is -1.01. The fraction of sp³-hybridized carbons (Fsp3) is 0.0588. The Balaban J connectivity index is 2.33. The number of hydrogen-bond acceptors (Lipinski definition) is 1. The van der Waals surface area contributed by atoms with Crippen molar-refractivity contribution in [1.29, 1.82) is 0 Å². The van der Waals surface area contributed by atoms with Crippen LogP contribution >= 0.6 is 15.9 Å². The highest BCUT2D eigenvalue weighted by molar-refractivity contribution is 9.10.